The van der Waals surface area contributed by atoms with E-state index in [0.717, 1.165) is 11.1 Å². The van der Waals surface area contributed by atoms with Crippen molar-refractivity contribution in [2.24, 2.45) is 0 Å². The molecule has 0 spiro atoms. The molecule has 1 atom stereocenters. The molecule has 0 saturated carbocycles. The second-order valence-corrected chi connectivity index (χ2v) is 4.23. The van der Waals surface area contributed by atoms with Crippen molar-refractivity contribution in [1.29, 1.82) is 0 Å². The topological polar surface area (TPSA) is 55.8 Å². The van der Waals surface area contributed by atoms with Crippen molar-refractivity contribution in [2.75, 3.05) is 13.2 Å². The van der Waals surface area contributed by atoms with E-state index < -0.39 is 5.97 Å². The van der Waals surface area contributed by atoms with Gasteiger partial charge in [-0.25, -0.2) is 4.79 Å². The molecule has 1 aromatic rings. The van der Waals surface area contributed by atoms with Crippen LogP contribution in [0.3, 0.4) is 0 Å². The fourth-order valence-corrected chi connectivity index (χ4v) is 1.55. The number of carboxylic acid groups (broad SMARTS) is 1. The highest BCUT2D eigenvalue weighted by Crippen LogP contribution is 2.13. The second-order valence-electron chi connectivity index (χ2n) is 4.23. The molecule has 0 aliphatic carbocycles. The van der Waals surface area contributed by atoms with E-state index in [4.69, 9.17) is 14.6 Å². The third kappa shape index (κ3) is 4.47. The molecule has 1 unspecified atom stereocenters. The third-order valence-corrected chi connectivity index (χ3v) is 2.67. The van der Waals surface area contributed by atoms with Crippen molar-refractivity contribution in [3.8, 4) is 0 Å². The van der Waals surface area contributed by atoms with E-state index in [2.05, 4.69) is 0 Å². The summed E-state index contributed by atoms with van der Waals surface area (Å²) in [5.41, 5.74) is 2.24. The standard InChI is InChI=1S/C14H20O4/c1-4-17-8-11(3)18-9-13-6-5-12(14(15)16)7-10(13)2/h5-7,11H,4,8-9H2,1-3H3,(H,15,16). The Morgan fingerprint density at radius 2 is 2.17 bits per heavy atom. The Kier molecular flexibility index (Phi) is 5.82. The predicted octanol–water partition coefficient (Wildman–Crippen LogP) is 2.63. The van der Waals surface area contributed by atoms with Gasteiger partial charge in [-0.1, -0.05) is 6.07 Å². The van der Waals surface area contributed by atoms with Crippen LogP contribution in [-0.4, -0.2) is 30.4 Å². The molecule has 0 saturated heterocycles. The fraction of sp³-hybridized carbons (Fsp3) is 0.500. The number of aryl methyl sites for hydroxylation is 1. The lowest BCUT2D eigenvalue weighted by Gasteiger charge is -2.14. The summed E-state index contributed by atoms with van der Waals surface area (Å²) in [6.07, 6.45) is 0.0310. The van der Waals surface area contributed by atoms with Crippen LogP contribution in [0.15, 0.2) is 18.2 Å². The predicted molar refractivity (Wildman–Crippen MR) is 68.9 cm³/mol. The average molecular weight is 252 g/mol. The number of hydrogen-bond donors (Lipinski definition) is 1. The van der Waals surface area contributed by atoms with E-state index in [1.54, 1.807) is 18.2 Å². The summed E-state index contributed by atoms with van der Waals surface area (Å²) in [4.78, 5) is 10.8. The summed E-state index contributed by atoms with van der Waals surface area (Å²) in [7, 11) is 0. The van der Waals surface area contributed by atoms with Crippen molar-refractivity contribution >= 4 is 5.97 Å². The summed E-state index contributed by atoms with van der Waals surface area (Å²) in [5.74, 6) is -0.907. The van der Waals surface area contributed by atoms with E-state index in [0.29, 0.717) is 25.4 Å². The lowest BCUT2D eigenvalue weighted by atomic mass is 10.1. The Bertz CT molecular complexity index is 401. The molecule has 1 aromatic carbocycles. The first-order valence-electron chi connectivity index (χ1n) is 6.06. The van der Waals surface area contributed by atoms with Crippen molar-refractivity contribution in [3.05, 3.63) is 34.9 Å². The first-order chi connectivity index (χ1) is 8.54. The molecule has 100 valence electrons. The number of rotatable bonds is 7. The van der Waals surface area contributed by atoms with Crippen molar-refractivity contribution < 1.29 is 19.4 Å². The van der Waals surface area contributed by atoms with Gasteiger partial charge >= 0.3 is 5.97 Å². The molecule has 0 bridgehead atoms. The lowest BCUT2D eigenvalue weighted by Crippen LogP contribution is -2.16. The van der Waals surface area contributed by atoms with Gasteiger partial charge in [0.15, 0.2) is 0 Å². The van der Waals surface area contributed by atoms with Crippen LogP contribution >= 0.6 is 0 Å². The fourth-order valence-electron chi connectivity index (χ4n) is 1.55. The minimum absolute atomic E-state index is 0.0310. The molecule has 18 heavy (non-hydrogen) atoms. The molecule has 0 amide bonds. The Balaban J connectivity index is 2.55. The Morgan fingerprint density at radius 3 is 2.72 bits per heavy atom. The number of benzene rings is 1. The van der Waals surface area contributed by atoms with E-state index >= 15 is 0 Å². The zero-order valence-corrected chi connectivity index (χ0v) is 11.1. The summed E-state index contributed by atoms with van der Waals surface area (Å²) >= 11 is 0. The molecule has 0 aliphatic heterocycles. The number of hydrogen-bond acceptors (Lipinski definition) is 3. The van der Waals surface area contributed by atoms with Crippen LogP contribution in [0.1, 0.15) is 35.3 Å². The molecule has 4 nitrogen and oxygen atoms in total. The number of ether oxygens (including phenoxy) is 2. The lowest BCUT2D eigenvalue weighted by molar-refractivity contribution is -0.0118. The van der Waals surface area contributed by atoms with Gasteiger partial charge in [-0.05, 0) is 44.0 Å². The molecule has 0 heterocycles. The minimum Gasteiger partial charge on any atom is -0.478 e. The van der Waals surface area contributed by atoms with Gasteiger partial charge in [-0.15, -0.1) is 0 Å². The molecule has 0 aliphatic rings. The molecular formula is C14H20O4. The zero-order valence-electron chi connectivity index (χ0n) is 11.1. The van der Waals surface area contributed by atoms with Gasteiger partial charge in [-0.2, -0.15) is 0 Å². The largest absolute Gasteiger partial charge is 0.478 e. The Labute approximate surface area is 108 Å². The highest BCUT2D eigenvalue weighted by Gasteiger charge is 2.07. The Morgan fingerprint density at radius 1 is 1.44 bits per heavy atom. The van der Waals surface area contributed by atoms with E-state index in [-0.39, 0.29) is 6.10 Å². The van der Waals surface area contributed by atoms with E-state index in [1.807, 2.05) is 20.8 Å². The molecule has 1 N–H and O–H groups in total. The molecule has 0 radical (unpaired) electrons. The molecule has 0 fully saturated rings. The van der Waals surface area contributed by atoms with Gasteiger partial charge in [0.1, 0.15) is 0 Å². The van der Waals surface area contributed by atoms with E-state index in [9.17, 15) is 4.79 Å². The summed E-state index contributed by atoms with van der Waals surface area (Å²) in [5, 5.41) is 8.87. The molecule has 4 heteroatoms. The number of aromatic carboxylic acids is 1. The smallest absolute Gasteiger partial charge is 0.335 e. The van der Waals surface area contributed by atoms with Gasteiger partial charge in [-0.3, -0.25) is 0 Å². The maximum absolute atomic E-state index is 10.8. The first-order valence-corrected chi connectivity index (χ1v) is 6.06. The van der Waals surface area contributed by atoms with Crippen LogP contribution in [0.5, 0.6) is 0 Å². The van der Waals surface area contributed by atoms with E-state index in [1.165, 1.54) is 0 Å². The van der Waals surface area contributed by atoms with Crippen molar-refractivity contribution in [2.45, 2.75) is 33.5 Å². The normalized spacial score (nSPS) is 12.4. The van der Waals surface area contributed by atoms with Gasteiger partial charge in [0, 0.05) is 6.61 Å². The van der Waals surface area contributed by atoms with Gasteiger partial charge in [0.25, 0.3) is 0 Å². The van der Waals surface area contributed by atoms with Gasteiger partial charge in [0.05, 0.1) is 24.9 Å². The molecular weight excluding hydrogens is 232 g/mol. The van der Waals surface area contributed by atoms with Crippen molar-refractivity contribution in [3.63, 3.8) is 0 Å². The molecule has 1 rings (SSSR count). The van der Waals surface area contributed by atoms with Gasteiger partial charge < -0.3 is 14.6 Å². The average Bonchev–Trinajstić information content (AvgIpc) is 2.34. The number of carbonyl (C=O) groups is 1. The number of carboxylic acids is 1. The monoisotopic (exact) mass is 252 g/mol. The van der Waals surface area contributed by atoms with Crippen LogP contribution in [0, 0.1) is 6.92 Å². The highest BCUT2D eigenvalue weighted by molar-refractivity contribution is 5.87. The first kappa shape index (κ1) is 14.7. The molecule has 0 aromatic heterocycles. The van der Waals surface area contributed by atoms with Crippen LogP contribution in [-0.2, 0) is 16.1 Å². The zero-order chi connectivity index (χ0) is 13.5. The van der Waals surface area contributed by atoms with Crippen LogP contribution in [0.2, 0.25) is 0 Å². The van der Waals surface area contributed by atoms with Crippen LogP contribution in [0.25, 0.3) is 0 Å². The minimum atomic E-state index is -0.907. The SMILES string of the molecule is CCOCC(C)OCc1ccc(C(=O)O)cc1C. The third-order valence-electron chi connectivity index (χ3n) is 2.67. The summed E-state index contributed by atoms with van der Waals surface area (Å²) in [6.45, 7) is 7.51. The Hall–Kier alpha value is -1.39. The summed E-state index contributed by atoms with van der Waals surface area (Å²) < 4.78 is 10.9. The van der Waals surface area contributed by atoms with Crippen LogP contribution in [0.4, 0.5) is 0 Å². The second kappa shape index (κ2) is 7.13. The highest BCUT2D eigenvalue weighted by atomic mass is 16.5. The summed E-state index contributed by atoms with van der Waals surface area (Å²) in [6, 6.07) is 5.06. The van der Waals surface area contributed by atoms with Crippen LogP contribution < -0.4 is 0 Å². The van der Waals surface area contributed by atoms with Crippen molar-refractivity contribution in [1.82, 2.24) is 0 Å². The maximum atomic E-state index is 10.8. The van der Waals surface area contributed by atoms with Gasteiger partial charge in [0.2, 0.25) is 0 Å². The quantitative estimate of drug-likeness (QED) is 0.810. The maximum Gasteiger partial charge on any atom is 0.335 e.